The maximum absolute atomic E-state index is 11.4. The lowest BCUT2D eigenvalue weighted by Gasteiger charge is -2.43. The standard InChI is InChI=1S/C32H42Cl2O3Si/c1-20(2)27-16-25(14-15-30(27)37-38(21(3)4,22(5)6)23(7)8)32(35)31-28(33)17-26(18-29(31)34)36-19-24-12-10-9-11-13-24/h9-18,20-23,32,35H,19H2,1-8H3. The second-order valence-corrected chi connectivity index (χ2v) is 17.5. The lowest BCUT2D eigenvalue weighted by atomic mass is 9.95. The first-order chi connectivity index (χ1) is 17.9. The summed E-state index contributed by atoms with van der Waals surface area (Å²) in [4.78, 5) is 0. The fourth-order valence-corrected chi connectivity index (χ4v) is 11.6. The van der Waals surface area contributed by atoms with Crippen LogP contribution in [-0.2, 0) is 6.61 Å². The molecule has 3 aromatic rings. The number of hydrogen-bond acceptors (Lipinski definition) is 3. The van der Waals surface area contributed by atoms with Crippen LogP contribution in [0.2, 0.25) is 26.7 Å². The maximum Gasteiger partial charge on any atom is 0.258 e. The summed E-state index contributed by atoms with van der Waals surface area (Å²) in [5.74, 6) is 1.69. The van der Waals surface area contributed by atoms with Gasteiger partial charge in [-0.25, -0.2) is 0 Å². The molecule has 0 aliphatic carbocycles. The Morgan fingerprint density at radius 1 is 0.763 bits per heavy atom. The molecule has 0 radical (unpaired) electrons. The average molecular weight is 574 g/mol. The molecule has 0 saturated carbocycles. The molecular formula is C32H42Cl2O3Si. The highest BCUT2D eigenvalue weighted by Crippen LogP contribution is 2.45. The van der Waals surface area contributed by atoms with Gasteiger partial charge in [0, 0.05) is 5.56 Å². The molecule has 0 saturated heterocycles. The maximum atomic E-state index is 11.4. The number of rotatable bonds is 11. The molecule has 0 heterocycles. The highest BCUT2D eigenvalue weighted by molar-refractivity contribution is 6.78. The molecule has 3 aromatic carbocycles. The Hall–Kier alpha value is -1.98. The monoisotopic (exact) mass is 572 g/mol. The lowest BCUT2D eigenvalue weighted by Crippen LogP contribution is -2.50. The fourth-order valence-electron chi connectivity index (χ4n) is 5.64. The SMILES string of the molecule is CC(C)c1cc(C(O)c2c(Cl)cc(OCc3ccccc3)cc2Cl)ccc1O[Si](C(C)C)(C(C)C)C(C)C. The Morgan fingerprint density at radius 3 is 1.82 bits per heavy atom. The van der Waals surface area contributed by atoms with Gasteiger partial charge < -0.3 is 14.3 Å². The van der Waals surface area contributed by atoms with E-state index in [9.17, 15) is 5.11 Å². The third kappa shape index (κ3) is 6.59. The zero-order chi connectivity index (χ0) is 28.2. The summed E-state index contributed by atoms with van der Waals surface area (Å²) in [5.41, 5.74) is 4.73. The van der Waals surface area contributed by atoms with Crippen molar-refractivity contribution in [2.75, 3.05) is 0 Å². The van der Waals surface area contributed by atoms with E-state index >= 15 is 0 Å². The normalized spacial score (nSPS) is 13.0. The van der Waals surface area contributed by atoms with Gasteiger partial charge in [-0.3, -0.25) is 0 Å². The van der Waals surface area contributed by atoms with E-state index in [1.807, 2.05) is 48.5 Å². The van der Waals surface area contributed by atoms with Crippen LogP contribution in [0.4, 0.5) is 0 Å². The van der Waals surface area contributed by atoms with Crippen molar-refractivity contribution in [2.24, 2.45) is 0 Å². The molecule has 3 rings (SSSR count). The van der Waals surface area contributed by atoms with Gasteiger partial charge in [0.15, 0.2) is 0 Å². The predicted octanol–water partition coefficient (Wildman–Crippen LogP) is 10.3. The van der Waals surface area contributed by atoms with E-state index in [0.29, 0.717) is 44.6 Å². The van der Waals surface area contributed by atoms with E-state index < -0.39 is 14.4 Å². The number of halogens is 2. The molecule has 206 valence electrons. The molecule has 0 amide bonds. The fraction of sp³-hybridized carbons (Fsp3) is 0.438. The minimum absolute atomic E-state index is 0.218. The lowest BCUT2D eigenvalue weighted by molar-refractivity contribution is 0.220. The van der Waals surface area contributed by atoms with Crippen LogP contribution in [0.15, 0.2) is 60.7 Å². The number of aliphatic hydroxyl groups is 1. The van der Waals surface area contributed by atoms with E-state index in [0.717, 1.165) is 22.4 Å². The topological polar surface area (TPSA) is 38.7 Å². The molecule has 0 bridgehead atoms. The van der Waals surface area contributed by atoms with Crippen LogP contribution in [0, 0.1) is 0 Å². The molecule has 0 aliphatic rings. The van der Waals surface area contributed by atoms with Crippen LogP contribution in [-0.4, -0.2) is 13.4 Å². The Bertz CT molecular complexity index is 1160. The molecule has 0 aromatic heterocycles. The second-order valence-electron chi connectivity index (χ2n) is 11.3. The third-order valence-corrected chi connectivity index (χ3v) is 14.2. The van der Waals surface area contributed by atoms with E-state index in [1.165, 1.54) is 0 Å². The first-order valence-electron chi connectivity index (χ1n) is 13.5. The molecule has 1 unspecified atom stereocenters. The van der Waals surface area contributed by atoms with Crippen LogP contribution in [0.1, 0.15) is 89.7 Å². The summed E-state index contributed by atoms with van der Waals surface area (Å²) < 4.78 is 12.9. The van der Waals surface area contributed by atoms with Gasteiger partial charge in [-0.1, -0.05) is 115 Å². The van der Waals surface area contributed by atoms with Crippen LogP contribution >= 0.6 is 23.2 Å². The van der Waals surface area contributed by atoms with Crippen molar-refractivity contribution >= 4 is 31.5 Å². The first-order valence-corrected chi connectivity index (χ1v) is 16.4. The first kappa shape index (κ1) is 30.6. The molecule has 0 spiro atoms. The summed E-state index contributed by atoms with van der Waals surface area (Å²) in [6.45, 7) is 18.4. The summed E-state index contributed by atoms with van der Waals surface area (Å²) >= 11 is 13.3. The van der Waals surface area contributed by atoms with E-state index in [2.05, 4.69) is 55.4 Å². The van der Waals surface area contributed by atoms with Gasteiger partial charge in [-0.15, -0.1) is 0 Å². The molecule has 0 aliphatic heterocycles. The van der Waals surface area contributed by atoms with Crippen LogP contribution < -0.4 is 9.16 Å². The third-order valence-electron chi connectivity index (χ3n) is 7.54. The molecule has 6 heteroatoms. The summed E-state index contributed by atoms with van der Waals surface area (Å²) in [6.07, 6.45) is -0.980. The van der Waals surface area contributed by atoms with Gasteiger partial charge in [0.2, 0.25) is 0 Å². The summed E-state index contributed by atoms with van der Waals surface area (Å²) in [5, 5.41) is 12.1. The van der Waals surface area contributed by atoms with Crippen molar-refractivity contribution in [3.63, 3.8) is 0 Å². The highest BCUT2D eigenvalue weighted by Gasteiger charge is 2.47. The molecule has 3 nitrogen and oxygen atoms in total. The Kier molecular flexibility index (Phi) is 10.4. The molecule has 38 heavy (non-hydrogen) atoms. The Balaban J connectivity index is 1.92. The number of hydrogen-bond donors (Lipinski definition) is 1. The highest BCUT2D eigenvalue weighted by atomic mass is 35.5. The number of benzene rings is 3. The van der Waals surface area contributed by atoms with Crippen LogP contribution in [0.25, 0.3) is 0 Å². The zero-order valence-electron chi connectivity index (χ0n) is 23.9. The quantitative estimate of drug-likeness (QED) is 0.232. The van der Waals surface area contributed by atoms with Gasteiger partial charge in [0.05, 0.1) is 10.0 Å². The zero-order valence-corrected chi connectivity index (χ0v) is 26.4. The van der Waals surface area contributed by atoms with Crippen LogP contribution in [0.5, 0.6) is 11.5 Å². The van der Waals surface area contributed by atoms with Gasteiger partial charge in [-0.05, 0) is 63.5 Å². The summed E-state index contributed by atoms with van der Waals surface area (Å²) in [6, 6.07) is 19.3. The molecule has 0 fully saturated rings. The molecule has 1 atom stereocenters. The van der Waals surface area contributed by atoms with E-state index in [1.54, 1.807) is 12.1 Å². The molecule has 1 N–H and O–H groups in total. The van der Waals surface area contributed by atoms with Crippen molar-refractivity contribution < 1.29 is 14.3 Å². The van der Waals surface area contributed by atoms with Gasteiger partial charge in [0.1, 0.15) is 24.2 Å². The van der Waals surface area contributed by atoms with Crippen molar-refractivity contribution in [2.45, 2.75) is 90.6 Å². The summed E-state index contributed by atoms with van der Waals surface area (Å²) in [7, 11) is -2.13. The van der Waals surface area contributed by atoms with E-state index in [4.69, 9.17) is 32.4 Å². The predicted molar refractivity (Wildman–Crippen MR) is 164 cm³/mol. The molecular weight excluding hydrogens is 531 g/mol. The van der Waals surface area contributed by atoms with Crippen molar-refractivity contribution in [3.05, 3.63) is 93.0 Å². The second kappa shape index (κ2) is 12.9. The van der Waals surface area contributed by atoms with Crippen molar-refractivity contribution in [1.82, 2.24) is 0 Å². The minimum Gasteiger partial charge on any atom is -0.542 e. The Labute approximate surface area is 240 Å². The smallest absolute Gasteiger partial charge is 0.258 e. The van der Waals surface area contributed by atoms with E-state index in [-0.39, 0.29) is 5.92 Å². The van der Waals surface area contributed by atoms with Gasteiger partial charge in [-0.2, -0.15) is 0 Å². The average Bonchev–Trinajstić information content (AvgIpc) is 2.85. The Morgan fingerprint density at radius 2 is 1.32 bits per heavy atom. The van der Waals surface area contributed by atoms with Crippen LogP contribution in [0.3, 0.4) is 0 Å². The minimum atomic E-state index is -2.13. The van der Waals surface area contributed by atoms with Gasteiger partial charge >= 0.3 is 0 Å². The van der Waals surface area contributed by atoms with Gasteiger partial charge in [0.25, 0.3) is 8.32 Å². The number of aliphatic hydroxyl groups excluding tert-OH is 1. The van der Waals surface area contributed by atoms with Crippen molar-refractivity contribution in [3.8, 4) is 11.5 Å². The number of ether oxygens (including phenoxy) is 1. The largest absolute Gasteiger partial charge is 0.542 e. The van der Waals surface area contributed by atoms with Crippen molar-refractivity contribution in [1.29, 1.82) is 0 Å².